The van der Waals surface area contributed by atoms with Crippen molar-refractivity contribution in [1.82, 2.24) is 10.3 Å². The van der Waals surface area contributed by atoms with Crippen LogP contribution in [0.4, 0.5) is 0 Å². The molecule has 1 aromatic heterocycles. The Morgan fingerprint density at radius 2 is 1.74 bits per heavy atom. The summed E-state index contributed by atoms with van der Waals surface area (Å²) in [5.74, 6) is 0.825. The van der Waals surface area contributed by atoms with Gasteiger partial charge in [-0.25, -0.2) is 4.98 Å². The first-order chi connectivity index (χ1) is 19.9. The van der Waals surface area contributed by atoms with Crippen molar-refractivity contribution in [2.24, 2.45) is 5.41 Å². The molecular formula is C33H46N3O5S+. The van der Waals surface area contributed by atoms with E-state index in [0.717, 1.165) is 56.9 Å². The number of fused-ring (bicyclic) bond motifs is 2. The van der Waals surface area contributed by atoms with Crippen LogP contribution in [0.25, 0.3) is 10.2 Å². The molecule has 0 spiro atoms. The van der Waals surface area contributed by atoms with E-state index in [0.29, 0.717) is 30.9 Å². The molecular weight excluding hydrogens is 550 g/mol. The van der Waals surface area contributed by atoms with Gasteiger partial charge >= 0.3 is 5.97 Å². The number of hydrogen-bond acceptors (Lipinski definition) is 7. The highest BCUT2D eigenvalue weighted by atomic mass is 32.1. The molecule has 1 N–H and O–H groups in total. The van der Waals surface area contributed by atoms with Crippen LogP contribution < -0.4 is 14.8 Å². The van der Waals surface area contributed by atoms with Crippen molar-refractivity contribution < 1.29 is 28.3 Å². The number of ether oxygens (including phenoxy) is 3. The zero-order valence-electron chi connectivity index (χ0n) is 26.2. The van der Waals surface area contributed by atoms with Gasteiger partial charge in [-0.15, -0.1) is 11.3 Å². The number of hydrogen-bond donors (Lipinski definition) is 1. The lowest BCUT2D eigenvalue weighted by molar-refractivity contribution is -0.906. The normalized spacial score (nSPS) is 14.5. The number of benzene rings is 2. The molecule has 1 aliphatic carbocycles. The second-order valence-corrected chi connectivity index (χ2v) is 13.7. The van der Waals surface area contributed by atoms with Crippen molar-refractivity contribution in [3.63, 3.8) is 0 Å². The Morgan fingerprint density at radius 1 is 1.07 bits per heavy atom. The van der Waals surface area contributed by atoms with E-state index in [1.165, 1.54) is 11.3 Å². The largest absolute Gasteiger partial charge is 0.493 e. The maximum absolute atomic E-state index is 13.8. The summed E-state index contributed by atoms with van der Waals surface area (Å²) >= 11 is 1.51. The number of nitrogens with one attached hydrogen (secondary N) is 1. The molecule has 4 rings (SSSR count). The van der Waals surface area contributed by atoms with Crippen molar-refractivity contribution in [3.8, 4) is 11.5 Å². The highest BCUT2D eigenvalue weighted by molar-refractivity contribution is 7.18. The van der Waals surface area contributed by atoms with Crippen LogP contribution in [0.5, 0.6) is 11.5 Å². The second kappa shape index (κ2) is 13.0. The SMILES string of the molecule is CC[N+](C)(CC)CCCOc1cc2nc(CNC(=O)C3(CC(=O)OC(C)(C)C)Cc4ccccc4C3)sc2cc1OC. The lowest BCUT2D eigenvalue weighted by Crippen LogP contribution is -2.44. The van der Waals surface area contributed by atoms with Crippen molar-refractivity contribution >= 4 is 33.4 Å². The highest BCUT2D eigenvalue weighted by Crippen LogP contribution is 2.41. The number of thiazole rings is 1. The highest BCUT2D eigenvalue weighted by Gasteiger charge is 2.46. The minimum Gasteiger partial charge on any atom is -0.493 e. The Kier molecular flexibility index (Phi) is 9.83. The average molecular weight is 597 g/mol. The van der Waals surface area contributed by atoms with Crippen LogP contribution in [0.1, 0.15) is 63.6 Å². The third kappa shape index (κ3) is 7.61. The van der Waals surface area contributed by atoms with Gasteiger partial charge < -0.3 is 24.0 Å². The van der Waals surface area contributed by atoms with Gasteiger partial charge in [0, 0.05) is 18.6 Å². The standard InChI is InChI=1S/C33H45N3O5S/c1-8-36(6,9-2)15-12-16-40-27-17-25-28(18-26(27)39-7)42-29(35-25)22-34-31(38)33(21-30(37)41-32(3,4)5)19-23-13-10-11-14-24(23)20-33/h10-11,13-14,17-18H,8-9,12,15-16,19-22H2,1-7H3/p+1. The van der Waals surface area contributed by atoms with Crippen molar-refractivity contribution in [1.29, 1.82) is 0 Å². The Bertz CT molecular complexity index is 1380. The molecule has 42 heavy (non-hydrogen) atoms. The topological polar surface area (TPSA) is 86.8 Å². The average Bonchev–Trinajstić information content (AvgIpc) is 3.52. The van der Waals surface area contributed by atoms with Gasteiger partial charge in [0.05, 0.1) is 69.0 Å². The lowest BCUT2D eigenvalue weighted by atomic mass is 9.80. The van der Waals surface area contributed by atoms with Crippen LogP contribution in [0, 0.1) is 5.41 Å². The summed E-state index contributed by atoms with van der Waals surface area (Å²) < 4.78 is 19.3. The first-order valence-electron chi connectivity index (χ1n) is 14.9. The molecule has 0 unspecified atom stereocenters. The Hall–Kier alpha value is -3.17. The first kappa shape index (κ1) is 31.8. The lowest BCUT2D eigenvalue weighted by Gasteiger charge is -2.32. The summed E-state index contributed by atoms with van der Waals surface area (Å²) in [6, 6.07) is 11.9. The predicted molar refractivity (Wildman–Crippen MR) is 167 cm³/mol. The Labute approximate surface area is 254 Å². The number of methoxy groups -OCH3 is 1. The van der Waals surface area contributed by atoms with Gasteiger partial charge in [-0.1, -0.05) is 24.3 Å². The fourth-order valence-electron chi connectivity index (χ4n) is 5.56. The van der Waals surface area contributed by atoms with Crippen molar-refractivity contribution in [2.75, 3.05) is 40.4 Å². The molecule has 0 fully saturated rings. The number of rotatable bonds is 13. The molecule has 0 saturated carbocycles. The van der Waals surface area contributed by atoms with E-state index in [1.54, 1.807) is 7.11 Å². The molecule has 1 aliphatic rings. The number of amides is 1. The van der Waals surface area contributed by atoms with Gasteiger partial charge in [-0.2, -0.15) is 0 Å². The summed E-state index contributed by atoms with van der Waals surface area (Å²) in [5.41, 5.74) is 1.50. The summed E-state index contributed by atoms with van der Waals surface area (Å²) in [6.45, 7) is 14.1. The number of carbonyl (C=O) groups excluding carboxylic acids is 2. The number of carbonyl (C=O) groups is 2. The predicted octanol–water partition coefficient (Wildman–Crippen LogP) is 5.69. The minimum absolute atomic E-state index is 0.0249. The molecule has 3 aromatic rings. The van der Waals surface area contributed by atoms with Gasteiger partial charge in [0.1, 0.15) is 10.6 Å². The van der Waals surface area contributed by atoms with E-state index in [2.05, 4.69) is 26.2 Å². The minimum atomic E-state index is -0.892. The van der Waals surface area contributed by atoms with Crippen LogP contribution in [0.15, 0.2) is 36.4 Å². The number of esters is 1. The van der Waals surface area contributed by atoms with E-state index in [1.807, 2.05) is 57.2 Å². The molecule has 0 bridgehead atoms. The molecule has 1 heterocycles. The third-order valence-electron chi connectivity index (χ3n) is 8.31. The monoisotopic (exact) mass is 596 g/mol. The molecule has 0 radical (unpaired) electrons. The fraction of sp³-hybridized carbons (Fsp3) is 0.545. The van der Waals surface area contributed by atoms with Crippen LogP contribution in [0.2, 0.25) is 0 Å². The fourth-order valence-corrected chi connectivity index (χ4v) is 6.47. The van der Waals surface area contributed by atoms with E-state index in [4.69, 9.17) is 19.2 Å². The van der Waals surface area contributed by atoms with E-state index in [-0.39, 0.29) is 24.8 Å². The van der Waals surface area contributed by atoms with Gasteiger partial charge in [0.2, 0.25) is 5.91 Å². The molecule has 2 aromatic carbocycles. The van der Waals surface area contributed by atoms with Crippen LogP contribution in [-0.2, 0) is 33.7 Å². The number of aromatic nitrogens is 1. The Morgan fingerprint density at radius 3 is 2.33 bits per heavy atom. The van der Waals surface area contributed by atoms with Crippen molar-refractivity contribution in [3.05, 3.63) is 52.5 Å². The number of quaternary nitrogens is 1. The molecule has 9 heteroatoms. The summed E-state index contributed by atoms with van der Waals surface area (Å²) in [7, 11) is 3.91. The maximum atomic E-state index is 13.8. The van der Waals surface area contributed by atoms with Crippen LogP contribution in [0.3, 0.4) is 0 Å². The van der Waals surface area contributed by atoms with E-state index < -0.39 is 11.0 Å². The van der Waals surface area contributed by atoms with Gasteiger partial charge in [-0.3, -0.25) is 9.59 Å². The molecule has 228 valence electrons. The summed E-state index contributed by atoms with van der Waals surface area (Å²) in [6.07, 6.45) is 1.97. The molecule has 0 saturated heterocycles. The molecule has 0 atom stereocenters. The molecule has 0 aliphatic heterocycles. The van der Waals surface area contributed by atoms with E-state index in [9.17, 15) is 9.59 Å². The van der Waals surface area contributed by atoms with Crippen LogP contribution >= 0.6 is 11.3 Å². The van der Waals surface area contributed by atoms with E-state index >= 15 is 0 Å². The maximum Gasteiger partial charge on any atom is 0.307 e. The van der Waals surface area contributed by atoms with Gasteiger partial charge in [-0.05, 0) is 58.6 Å². The number of nitrogens with zero attached hydrogens (tertiary/aromatic N) is 2. The zero-order chi connectivity index (χ0) is 30.5. The van der Waals surface area contributed by atoms with Gasteiger partial charge in [0.15, 0.2) is 11.5 Å². The van der Waals surface area contributed by atoms with Gasteiger partial charge in [0.25, 0.3) is 0 Å². The van der Waals surface area contributed by atoms with Crippen molar-refractivity contribution in [2.45, 2.75) is 72.4 Å². The quantitative estimate of drug-likeness (QED) is 0.155. The third-order valence-corrected chi connectivity index (χ3v) is 9.32. The smallest absolute Gasteiger partial charge is 0.307 e. The Balaban J connectivity index is 1.45. The van der Waals surface area contributed by atoms with Crippen LogP contribution in [-0.4, -0.2) is 67.3 Å². The second-order valence-electron chi connectivity index (χ2n) is 12.6. The molecule has 1 amide bonds. The first-order valence-corrected chi connectivity index (χ1v) is 15.7. The summed E-state index contributed by atoms with van der Waals surface area (Å²) in [4.78, 5) is 31.4. The molecule has 8 nitrogen and oxygen atoms in total. The zero-order valence-corrected chi connectivity index (χ0v) is 27.0. The summed E-state index contributed by atoms with van der Waals surface area (Å²) in [5, 5.41) is 3.87.